The van der Waals surface area contributed by atoms with Gasteiger partial charge in [0.05, 0.1) is 5.02 Å². The first-order valence-electron chi connectivity index (χ1n) is 9.10. The average Bonchev–Trinajstić information content (AvgIpc) is 3.16. The molecule has 0 bridgehead atoms. The highest BCUT2D eigenvalue weighted by molar-refractivity contribution is 6.30. The van der Waals surface area contributed by atoms with Gasteiger partial charge in [0, 0.05) is 18.0 Å². The van der Waals surface area contributed by atoms with Crippen LogP contribution in [0.5, 0.6) is 5.75 Å². The molecule has 5 nitrogen and oxygen atoms in total. The van der Waals surface area contributed by atoms with Crippen LogP contribution >= 0.6 is 11.6 Å². The van der Waals surface area contributed by atoms with Crippen LogP contribution in [0, 0.1) is 0 Å². The van der Waals surface area contributed by atoms with E-state index in [2.05, 4.69) is 9.98 Å². The highest BCUT2D eigenvalue weighted by Crippen LogP contribution is 2.39. The lowest BCUT2D eigenvalue weighted by molar-refractivity contribution is 0.271. The highest BCUT2D eigenvalue weighted by Gasteiger charge is 2.40. The Morgan fingerprint density at radius 2 is 1.90 bits per heavy atom. The third kappa shape index (κ3) is 3.89. The molecule has 0 aliphatic carbocycles. The van der Waals surface area contributed by atoms with Crippen LogP contribution < -0.4 is 10.5 Å². The number of aromatic nitrogens is 1. The van der Waals surface area contributed by atoms with Gasteiger partial charge in [0.15, 0.2) is 5.54 Å². The maximum Gasteiger partial charge on any atom is 0.283 e. The van der Waals surface area contributed by atoms with Gasteiger partial charge in [-0.15, -0.1) is 0 Å². The first kappa shape index (κ1) is 19.2. The Balaban J connectivity index is 1.76. The number of nitrogens with two attached hydrogens (primary N) is 1. The Morgan fingerprint density at radius 3 is 2.59 bits per heavy atom. The lowest BCUT2D eigenvalue weighted by Gasteiger charge is -2.26. The number of hydrogen-bond donors (Lipinski definition) is 1. The zero-order valence-electron chi connectivity index (χ0n) is 15.5. The van der Waals surface area contributed by atoms with Gasteiger partial charge >= 0.3 is 0 Å². The van der Waals surface area contributed by atoms with Crippen molar-refractivity contribution in [1.82, 2.24) is 4.98 Å². The molecule has 4 rings (SSSR count). The van der Waals surface area contributed by atoms with E-state index in [1.165, 1.54) is 0 Å². The molecule has 7 heteroatoms. The number of hydrogen-bond acceptors (Lipinski definition) is 5. The number of nitrogens with zero attached hydrogens (tertiary/aromatic N) is 2. The SMILES string of the molecule is NC1=NC(c2ccc(OCCF)cc2)(c2cccc(-c3cncc(Cl)c3)c2)CO1. The number of rotatable bonds is 6. The van der Waals surface area contributed by atoms with E-state index in [1.807, 2.05) is 42.5 Å². The van der Waals surface area contributed by atoms with Gasteiger partial charge in [-0.1, -0.05) is 41.9 Å². The summed E-state index contributed by atoms with van der Waals surface area (Å²) in [5.74, 6) is 0.594. The summed E-state index contributed by atoms with van der Waals surface area (Å²) >= 11 is 6.10. The van der Waals surface area contributed by atoms with Gasteiger partial charge < -0.3 is 15.2 Å². The molecule has 2 heterocycles. The second kappa shape index (κ2) is 8.09. The number of ether oxygens (including phenoxy) is 2. The Bertz CT molecular complexity index is 1040. The maximum absolute atomic E-state index is 12.3. The van der Waals surface area contributed by atoms with Gasteiger partial charge in [-0.25, -0.2) is 9.38 Å². The van der Waals surface area contributed by atoms with Crippen molar-refractivity contribution < 1.29 is 13.9 Å². The standard InChI is InChI=1S/C22H19ClFN3O2/c23-19-11-16(12-26-13-19)15-2-1-3-18(10-15)22(14-29-21(25)27-22)17-4-6-20(7-5-17)28-9-8-24/h1-7,10-13H,8-9,14H2,(H2,25,27). The lowest BCUT2D eigenvalue weighted by atomic mass is 9.83. The molecule has 3 aromatic rings. The van der Waals surface area contributed by atoms with Crippen LogP contribution in [-0.2, 0) is 10.3 Å². The summed E-state index contributed by atoms with van der Waals surface area (Å²) in [6.07, 6.45) is 3.36. The number of pyridine rings is 1. The molecule has 0 saturated carbocycles. The summed E-state index contributed by atoms with van der Waals surface area (Å²) in [5, 5.41) is 0.568. The number of halogens is 2. The van der Waals surface area contributed by atoms with E-state index in [4.69, 9.17) is 26.8 Å². The van der Waals surface area contributed by atoms with Crippen molar-refractivity contribution in [3.05, 3.63) is 83.1 Å². The van der Waals surface area contributed by atoms with E-state index < -0.39 is 12.2 Å². The molecule has 1 aliphatic heterocycles. The van der Waals surface area contributed by atoms with E-state index in [-0.39, 0.29) is 19.2 Å². The Hall–Kier alpha value is -3.12. The molecule has 0 amide bonds. The topological polar surface area (TPSA) is 69.7 Å². The van der Waals surface area contributed by atoms with E-state index in [1.54, 1.807) is 24.5 Å². The molecular formula is C22H19ClFN3O2. The number of alkyl halides is 1. The van der Waals surface area contributed by atoms with Crippen molar-refractivity contribution in [2.75, 3.05) is 19.9 Å². The minimum atomic E-state index is -0.787. The third-order valence-electron chi connectivity index (χ3n) is 4.79. The van der Waals surface area contributed by atoms with Gasteiger partial charge in [0.2, 0.25) is 0 Å². The fourth-order valence-electron chi connectivity index (χ4n) is 3.40. The normalized spacial score (nSPS) is 18.2. The largest absolute Gasteiger partial charge is 0.491 e. The van der Waals surface area contributed by atoms with Gasteiger partial charge in [-0.2, -0.15) is 0 Å². The molecule has 1 aliphatic rings. The predicted molar refractivity (Wildman–Crippen MR) is 111 cm³/mol. The molecule has 1 aromatic heterocycles. The maximum atomic E-state index is 12.3. The number of benzene rings is 2. The molecule has 148 valence electrons. The van der Waals surface area contributed by atoms with Crippen LogP contribution in [0.25, 0.3) is 11.1 Å². The van der Waals surface area contributed by atoms with E-state index >= 15 is 0 Å². The number of amidine groups is 1. The summed E-state index contributed by atoms with van der Waals surface area (Å²) in [6, 6.07) is 17.3. The zero-order chi connectivity index (χ0) is 20.3. The van der Waals surface area contributed by atoms with Gasteiger partial charge in [0.25, 0.3) is 6.02 Å². The van der Waals surface area contributed by atoms with Gasteiger partial charge in [-0.3, -0.25) is 4.98 Å². The summed E-state index contributed by atoms with van der Waals surface area (Å²) in [7, 11) is 0. The van der Waals surface area contributed by atoms with Crippen molar-refractivity contribution in [2.45, 2.75) is 5.54 Å². The molecular weight excluding hydrogens is 393 g/mol. The van der Waals surface area contributed by atoms with E-state index in [0.29, 0.717) is 10.8 Å². The van der Waals surface area contributed by atoms with Gasteiger partial charge in [-0.05, 0) is 41.0 Å². The Labute approximate surface area is 173 Å². The molecule has 1 atom stereocenters. The fraction of sp³-hybridized carbons (Fsp3) is 0.182. The molecule has 1 unspecified atom stereocenters. The zero-order valence-corrected chi connectivity index (χ0v) is 16.3. The van der Waals surface area contributed by atoms with Crippen LogP contribution in [0.4, 0.5) is 4.39 Å². The summed E-state index contributed by atoms with van der Waals surface area (Å²) < 4.78 is 23.2. The predicted octanol–water partition coefficient (Wildman–Crippen LogP) is 4.34. The highest BCUT2D eigenvalue weighted by atomic mass is 35.5. The van der Waals surface area contributed by atoms with Crippen molar-refractivity contribution in [3.63, 3.8) is 0 Å². The second-order valence-electron chi connectivity index (χ2n) is 6.63. The van der Waals surface area contributed by atoms with Gasteiger partial charge in [0.1, 0.15) is 25.6 Å². The Kier molecular flexibility index (Phi) is 5.36. The fourth-order valence-corrected chi connectivity index (χ4v) is 3.58. The van der Waals surface area contributed by atoms with E-state index in [9.17, 15) is 4.39 Å². The molecule has 0 radical (unpaired) electrons. The monoisotopic (exact) mass is 411 g/mol. The molecule has 2 N–H and O–H groups in total. The summed E-state index contributed by atoms with van der Waals surface area (Å²) in [4.78, 5) is 8.80. The van der Waals surface area contributed by atoms with Crippen molar-refractivity contribution in [1.29, 1.82) is 0 Å². The van der Waals surface area contributed by atoms with Crippen LogP contribution in [0.2, 0.25) is 5.02 Å². The Morgan fingerprint density at radius 1 is 1.07 bits per heavy atom. The van der Waals surface area contributed by atoms with Crippen LogP contribution in [-0.4, -0.2) is 30.9 Å². The molecule has 29 heavy (non-hydrogen) atoms. The molecule has 2 aromatic carbocycles. The van der Waals surface area contributed by atoms with Crippen molar-refractivity contribution in [2.24, 2.45) is 10.7 Å². The van der Waals surface area contributed by atoms with Crippen LogP contribution in [0.1, 0.15) is 11.1 Å². The first-order chi connectivity index (χ1) is 14.1. The smallest absolute Gasteiger partial charge is 0.283 e. The third-order valence-corrected chi connectivity index (χ3v) is 4.99. The lowest BCUT2D eigenvalue weighted by Crippen LogP contribution is -2.27. The molecule has 0 saturated heterocycles. The molecule has 0 fully saturated rings. The van der Waals surface area contributed by atoms with E-state index in [0.717, 1.165) is 22.3 Å². The van der Waals surface area contributed by atoms with Crippen molar-refractivity contribution in [3.8, 4) is 16.9 Å². The minimum absolute atomic E-state index is 0.0222. The van der Waals surface area contributed by atoms with Crippen LogP contribution in [0.15, 0.2) is 72.0 Å². The molecule has 0 spiro atoms. The first-order valence-corrected chi connectivity index (χ1v) is 9.47. The van der Waals surface area contributed by atoms with Crippen LogP contribution in [0.3, 0.4) is 0 Å². The quantitative estimate of drug-likeness (QED) is 0.655. The number of aliphatic imine (C=N–C) groups is 1. The summed E-state index contributed by atoms with van der Waals surface area (Å²) in [5.41, 5.74) is 8.78. The average molecular weight is 412 g/mol. The van der Waals surface area contributed by atoms with Crippen molar-refractivity contribution >= 4 is 17.6 Å². The second-order valence-corrected chi connectivity index (χ2v) is 7.07. The summed E-state index contributed by atoms with van der Waals surface area (Å²) in [6.45, 7) is -0.235. The minimum Gasteiger partial charge on any atom is -0.491 e.